The van der Waals surface area contributed by atoms with Gasteiger partial charge in [0.25, 0.3) is 11.7 Å². The lowest BCUT2D eigenvalue weighted by Crippen LogP contribution is -2.24. The molecule has 0 aromatic carbocycles. The number of nitrogens with zero attached hydrogens (tertiary/aromatic N) is 2. The predicted molar refractivity (Wildman–Crippen MR) is 66.0 cm³/mol. The Morgan fingerprint density at radius 1 is 1.53 bits per heavy atom. The van der Waals surface area contributed by atoms with E-state index in [-0.39, 0.29) is 24.2 Å². The molecule has 1 aromatic rings. The van der Waals surface area contributed by atoms with Gasteiger partial charge in [-0.05, 0) is 18.8 Å². The lowest BCUT2D eigenvalue weighted by atomic mass is 10.1. The predicted octanol–water partition coefficient (Wildman–Crippen LogP) is 0.402. The van der Waals surface area contributed by atoms with Gasteiger partial charge in [0, 0.05) is 13.5 Å². The zero-order chi connectivity index (χ0) is 13.7. The lowest BCUT2D eigenvalue weighted by Gasteiger charge is -2.06. The molecular formula is C12H16N4O3. The zero-order valence-corrected chi connectivity index (χ0v) is 10.7. The van der Waals surface area contributed by atoms with Crippen LogP contribution in [-0.4, -0.2) is 29.0 Å². The molecule has 1 aromatic heterocycles. The van der Waals surface area contributed by atoms with Crippen molar-refractivity contribution in [3.8, 4) is 0 Å². The molecule has 0 unspecified atom stereocenters. The Hall–Kier alpha value is -2.18. The first-order valence-corrected chi connectivity index (χ1v) is 6.17. The summed E-state index contributed by atoms with van der Waals surface area (Å²) >= 11 is 0. The molecule has 0 bridgehead atoms. The minimum Gasteiger partial charge on any atom is -0.352 e. The van der Waals surface area contributed by atoms with E-state index >= 15 is 0 Å². The van der Waals surface area contributed by atoms with E-state index in [0.717, 1.165) is 12.8 Å². The largest absolute Gasteiger partial charge is 0.352 e. The Balaban J connectivity index is 1.78. The van der Waals surface area contributed by atoms with Gasteiger partial charge in [0.1, 0.15) is 0 Å². The Kier molecular flexibility index (Phi) is 4.27. The number of carbonyl (C=O) groups excluding carboxylic acids is 2. The third-order valence-electron chi connectivity index (χ3n) is 2.89. The molecule has 0 aliphatic heterocycles. The van der Waals surface area contributed by atoms with Crippen LogP contribution < -0.4 is 10.6 Å². The summed E-state index contributed by atoms with van der Waals surface area (Å²) in [5, 5.41) is 8.59. The Morgan fingerprint density at radius 3 is 3.05 bits per heavy atom. The van der Waals surface area contributed by atoms with Crippen LogP contribution in [0.1, 0.15) is 35.8 Å². The summed E-state index contributed by atoms with van der Waals surface area (Å²) < 4.78 is 4.86. The molecule has 0 spiro atoms. The molecule has 2 N–H and O–H groups in total. The van der Waals surface area contributed by atoms with Crippen LogP contribution in [0.5, 0.6) is 0 Å². The van der Waals surface area contributed by atoms with Crippen LogP contribution in [-0.2, 0) is 11.3 Å². The van der Waals surface area contributed by atoms with Crippen LogP contribution in [0.4, 0.5) is 0 Å². The first kappa shape index (κ1) is 13.3. The summed E-state index contributed by atoms with van der Waals surface area (Å²) in [5.41, 5.74) is 0. The fourth-order valence-corrected chi connectivity index (χ4v) is 1.88. The van der Waals surface area contributed by atoms with Gasteiger partial charge in [-0.1, -0.05) is 17.3 Å². The highest BCUT2D eigenvalue weighted by molar-refractivity contribution is 5.89. The van der Waals surface area contributed by atoms with Crippen LogP contribution >= 0.6 is 0 Å². The molecule has 1 heterocycles. The molecule has 19 heavy (non-hydrogen) atoms. The van der Waals surface area contributed by atoms with Gasteiger partial charge in [0.2, 0.25) is 11.8 Å². The fraction of sp³-hybridized carbons (Fsp3) is 0.500. The highest BCUT2D eigenvalue weighted by Crippen LogP contribution is 2.19. The second-order valence-corrected chi connectivity index (χ2v) is 4.34. The maximum atomic E-state index is 11.7. The molecule has 0 saturated heterocycles. The number of carbonyl (C=O) groups is 2. The lowest BCUT2D eigenvalue weighted by molar-refractivity contribution is -0.122. The maximum absolute atomic E-state index is 11.7. The van der Waals surface area contributed by atoms with Gasteiger partial charge in [-0.25, -0.2) is 0 Å². The topological polar surface area (TPSA) is 97.1 Å². The van der Waals surface area contributed by atoms with Crippen molar-refractivity contribution in [3.63, 3.8) is 0 Å². The molecule has 2 rings (SSSR count). The van der Waals surface area contributed by atoms with E-state index in [1.807, 2.05) is 0 Å². The molecule has 0 saturated carbocycles. The molecule has 0 fully saturated rings. The van der Waals surface area contributed by atoms with Crippen molar-refractivity contribution in [1.29, 1.82) is 0 Å². The van der Waals surface area contributed by atoms with Crippen molar-refractivity contribution < 1.29 is 14.1 Å². The normalized spacial score (nSPS) is 17.4. The summed E-state index contributed by atoms with van der Waals surface area (Å²) in [7, 11) is 1.48. The van der Waals surface area contributed by atoms with Crippen molar-refractivity contribution in [2.45, 2.75) is 25.8 Å². The highest BCUT2D eigenvalue weighted by atomic mass is 16.5. The van der Waals surface area contributed by atoms with Gasteiger partial charge in [-0.15, -0.1) is 0 Å². The molecule has 7 nitrogen and oxygen atoms in total. The summed E-state index contributed by atoms with van der Waals surface area (Å²) in [6.45, 7) is 0.138. The average Bonchev–Trinajstić information content (AvgIpc) is 3.06. The molecule has 2 amide bonds. The number of nitrogens with one attached hydrogen (secondary N) is 2. The minimum absolute atomic E-state index is 0.0366. The third-order valence-corrected chi connectivity index (χ3v) is 2.89. The van der Waals surface area contributed by atoms with Crippen LogP contribution in [0.3, 0.4) is 0 Å². The quantitative estimate of drug-likeness (QED) is 0.750. The van der Waals surface area contributed by atoms with E-state index in [9.17, 15) is 9.59 Å². The summed E-state index contributed by atoms with van der Waals surface area (Å²) in [5.74, 6) is 0.0252. The Bertz CT molecular complexity index is 495. The highest BCUT2D eigenvalue weighted by Gasteiger charge is 2.16. The van der Waals surface area contributed by atoms with E-state index in [2.05, 4.69) is 32.9 Å². The standard InChI is InChI=1S/C12H16N4O3/c1-13-12(18)11-15-10(19-16-11)7-14-9(17)6-8-4-2-3-5-8/h2,4,8H,3,5-7H2,1H3,(H,13,18)(H,14,17)/t8-/m0/s1. The van der Waals surface area contributed by atoms with Crippen molar-refractivity contribution in [3.05, 3.63) is 23.9 Å². The number of aromatic nitrogens is 2. The summed E-state index contributed by atoms with van der Waals surface area (Å²) in [6, 6.07) is 0. The van der Waals surface area contributed by atoms with Crippen LogP contribution in [0, 0.1) is 5.92 Å². The molecule has 1 atom stereocenters. The van der Waals surface area contributed by atoms with Crippen molar-refractivity contribution in [2.24, 2.45) is 5.92 Å². The minimum atomic E-state index is -0.419. The van der Waals surface area contributed by atoms with Gasteiger partial charge >= 0.3 is 0 Å². The maximum Gasteiger partial charge on any atom is 0.292 e. The molecular weight excluding hydrogens is 248 g/mol. The van der Waals surface area contributed by atoms with Crippen LogP contribution in [0.2, 0.25) is 0 Å². The van der Waals surface area contributed by atoms with E-state index in [4.69, 9.17) is 4.52 Å². The van der Waals surface area contributed by atoms with Crippen molar-refractivity contribution in [1.82, 2.24) is 20.8 Å². The number of rotatable bonds is 5. The fourth-order valence-electron chi connectivity index (χ4n) is 1.88. The number of amides is 2. The number of hydrogen-bond acceptors (Lipinski definition) is 5. The molecule has 1 aliphatic carbocycles. The van der Waals surface area contributed by atoms with Gasteiger partial charge in [-0.3, -0.25) is 9.59 Å². The van der Waals surface area contributed by atoms with E-state index in [1.54, 1.807) is 0 Å². The first-order valence-electron chi connectivity index (χ1n) is 6.17. The van der Waals surface area contributed by atoms with Crippen LogP contribution in [0.15, 0.2) is 16.7 Å². The molecule has 7 heteroatoms. The smallest absolute Gasteiger partial charge is 0.292 e. The van der Waals surface area contributed by atoms with Crippen molar-refractivity contribution in [2.75, 3.05) is 7.05 Å². The molecule has 1 aliphatic rings. The Labute approximate surface area is 110 Å². The van der Waals surface area contributed by atoms with E-state index in [1.165, 1.54) is 7.05 Å². The summed E-state index contributed by atoms with van der Waals surface area (Å²) in [4.78, 5) is 26.7. The van der Waals surface area contributed by atoms with Gasteiger partial charge in [-0.2, -0.15) is 4.98 Å². The second-order valence-electron chi connectivity index (χ2n) is 4.34. The Morgan fingerprint density at radius 2 is 2.37 bits per heavy atom. The molecule has 102 valence electrons. The SMILES string of the molecule is CNC(=O)c1noc(CNC(=O)C[C@H]2C=CCC2)n1. The van der Waals surface area contributed by atoms with Gasteiger partial charge in [0.15, 0.2) is 0 Å². The van der Waals surface area contributed by atoms with Crippen molar-refractivity contribution >= 4 is 11.8 Å². The van der Waals surface area contributed by atoms with E-state index < -0.39 is 5.91 Å². The number of allylic oxidation sites excluding steroid dienone is 2. The monoisotopic (exact) mass is 264 g/mol. The average molecular weight is 264 g/mol. The third kappa shape index (κ3) is 3.64. The number of hydrogen-bond donors (Lipinski definition) is 2. The van der Waals surface area contributed by atoms with Gasteiger partial charge in [0.05, 0.1) is 6.54 Å². The zero-order valence-electron chi connectivity index (χ0n) is 10.7. The summed E-state index contributed by atoms with van der Waals surface area (Å²) in [6.07, 6.45) is 6.68. The first-order chi connectivity index (χ1) is 9.19. The second kappa shape index (κ2) is 6.12. The molecule has 0 radical (unpaired) electrons. The van der Waals surface area contributed by atoms with E-state index in [0.29, 0.717) is 12.3 Å². The van der Waals surface area contributed by atoms with Crippen LogP contribution in [0.25, 0.3) is 0 Å². The van der Waals surface area contributed by atoms with Gasteiger partial charge < -0.3 is 15.2 Å².